The fourth-order valence-electron chi connectivity index (χ4n) is 3.90. The van der Waals surface area contributed by atoms with Gasteiger partial charge in [-0.15, -0.1) is 0 Å². The Morgan fingerprint density at radius 2 is 1.66 bits per heavy atom. The van der Waals surface area contributed by atoms with Gasteiger partial charge in [-0.25, -0.2) is 0 Å². The molecule has 2 heterocycles. The van der Waals surface area contributed by atoms with Crippen molar-refractivity contribution in [3.63, 3.8) is 0 Å². The summed E-state index contributed by atoms with van der Waals surface area (Å²) in [7, 11) is 1.92. The van der Waals surface area contributed by atoms with Crippen molar-refractivity contribution in [1.82, 2.24) is 0 Å². The van der Waals surface area contributed by atoms with E-state index in [4.69, 9.17) is 9.47 Å². The fraction of sp³-hybridized carbons (Fsp3) is 0.130. The molecule has 0 aliphatic carbocycles. The molecular formula is C23H18N2O4. The van der Waals surface area contributed by atoms with Crippen molar-refractivity contribution in [2.45, 2.75) is 12.8 Å². The smallest absolute Gasteiger partial charge is 0.363 e. The monoisotopic (exact) mass is 386 g/mol. The molecule has 2 aliphatic rings. The zero-order valence-electron chi connectivity index (χ0n) is 16.0. The van der Waals surface area contributed by atoms with Gasteiger partial charge in [-0.2, -0.15) is 0 Å². The van der Waals surface area contributed by atoms with Crippen LogP contribution in [0.3, 0.4) is 0 Å². The average Bonchev–Trinajstić information content (AvgIpc) is 3.01. The van der Waals surface area contributed by atoms with E-state index in [1.165, 1.54) is 12.1 Å². The highest BCUT2D eigenvalue weighted by Gasteiger charge is 2.50. The Balaban J connectivity index is 1.55. The largest absolute Gasteiger partial charge is 0.431 e. The summed E-state index contributed by atoms with van der Waals surface area (Å²) in [5, 5.41) is 11.1. The zero-order chi connectivity index (χ0) is 20.2. The maximum absolute atomic E-state index is 11.1. The van der Waals surface area contributed by atoms with Gasteiger partial charge in [0.2, 0.25) is 0 Å². The third-order valence-electron chi connectivity index (χ3n) is 5.44. The number of likely N-dealkylation sites (N-methyl/N-ethyl adjacent to an activating group) is 1. The van der Waals surface area contributed by atoms with Crippen LogP contribution in [-0.4, -0.2) is 17.9 Å². The number of nitrogens with zero attached hydrogens (tertiary/aromatic N) is 2. The molecule has 2 aliphatic heterocycles. The van der Waals surface area contributed by atoms with Crippen molar-refractivity contribution < 1.29 is 14.4 Å². The minimum atomic E-state index is -1.11. The van der Waals surface area contributed by atoms with Gasteiger partial charge in [0, 0.05) is 30.3 Å². The number of non-ortho nitro benzene ring substituents is 1. The second-order valence-electron chi connectivity index (χ2n) is 7.20. The van der Waals surface area contributed by atoms with Crippen LogP contribution in [0.5, 0.6) is 11.5 Å². The first-order chi connectivity index (χ1) is 14.0. The van der Waals surface area contributed by atoms with Gasteiger partial charge < -0.3 is 9.47 Å². The van der Waals surface area contributed by atoms with E-state index in [9.17, 15) is 10.1 Å². The lowest BCUT2D eigenvalue weighted by atomic mass is 10.0. The van der Waals surface area contributed by atoms with Gasteiger partial charge in [-0.1, -0.05) is 36.4 Å². The maximum atomic E-state index is 11.1. The molecule has 29 heavy (non-hydrogen) atoms. The molecule has 0 saturated heterocycles. The molecular weight excluding hydrogens is 368 g/mol. The summed E-state index contributed by atoms with van der Waals surface area (Å²) in [4.78, 5) is 12.6. The van der Waals surface area contributed by atoms with Gasteiger partial charge in [0.05, 0.1) is 10.6 Å². The van der Waals surface area contributed by atoms with Gasteiger partial charge in [-0.3, -0.25) is 15.0 Å². The van der Waals surface area contributed by atoms with Crippen molar-refractivity contribution in [1.29, 1.82) is 0 Å². The fourth-order valence-corrected chi connectivity index (χ4v) is 3.90. The SMILES string of the molecule is CC1=Cc2cc([N+](=O)[O-])ccc2OC12Oc1ccc(-c3ccccc3)cc1N2C. The Labute approximate surface area is 167 Å². The van der Waals surface area contributed by atoms with Gasteiger partial charge in [0.25, 0.3) is 5.69 Å². The first-order valence-corrected chi connectivity index (χ1v) is 9.26. The average molecular weight is 386 g/mol. The third kappa shape index (κ3) is 2.56. The Morgan fingerprint density at radius 1 is 0.931 bits per heavy atom. The molecule has 1 atom stereocenters. The summed E-state index contributed by atoms with van der Waals surface area (Å²) < 4.78 is 12.6. The molecule has 6 nitrogen and oxygen atoms in total. The van der Waals surface area contributed by atoms with Crippen LogP contribution in [0.4, 0.5) is 11.4 Å². The highest BCUT2D eigenvalue weighted by atomic mass is 16.7. The molecule has 3 aromatic rings. The topological polar surface area (TPSA) is 64.8 Å². The molecule has 1 unspecified atom stereocenters. The molecule has 3 aromatic carbocycles. The Morgan fingerprint density at radius 3 is 2.41 bits per heavy atom. The number of hydrogen-bond donors (Lipinski definition) is 0. The van der Waals surface area contributed by atoms with Crippen molar-refractivity contribution in [3.05, 3.63) is 88.0 Å². The van der Waals surface area contributed by atoms with E-state index >= 15 is 0 Å². The van der Waals surface area contributed by atoms with Gasteiger partial charge >= 0.3 is 5.91 Å². The van der Waals surface area contributed by atoms with E-state index in [-0.39, 0.29) is 5.69 Å². The van der Waals surface area contributed by atoms with E-state index in [0.29, 0.717) is 11.3 Å². The first kappa shape index (κ1) is 17.3. The normalized spacial score (nSPS) is 19.1. The molecule has 5 rings (SSSR count). The highest BCUT2D eigenvalue weighted by Crippen LogP contribution is 2.49. The van der Waals surface area contributed by atoms with Crippen molar-refractivity contribution >= 4 is 17.5 Å². The van der Waals surface area contributed by atoms with E-state index in [1.54, 1.807) is 6.07 Å². The van der Waals surface area contributed by atoms with Crippen LogP contribution >= 0.6 is 0 Å². The minimum absolute atomic E-state index is 0.0313. The summed E-state index contributed by atoms with van der Waals surface area (Å²) in [6.45, 7) is 1.91. The van der Waals surface area contributed by atoms with Gasteiger partial charge in [0.1, 0.15) is 11.5 Å². The van der Waals surface area contributed by atoms with Crippen LogP contribution in [0, 0.1) is 10.1 Å². The standard InChI is InChI=1S/C23H18N2O4/c1-15-12-18-13-19(25(26)27)9-11-21(18)28-23(15)24(2)20-14-17(8-10-22(20)29-23)16-6-4-3-5-7-16/h3-14H,1-2H3. The molecule has 0 bridgehead atoms. The van der Waals surface area contributed by atoms with E-state index < -0.39 is 10.8 Å². The summed E-state index contributed by atoms with van der Waals surface area (Å²) in [6.07, 6.45) is 1.88. The summed E-state index contributed by atoms with van der Waals surface area (Å²) in [5.41, 5.74) is 4.64. The van der Waals surface area contributed by atoms with Gasteiger partial charge in [0.15, 0.2) is 0 Å². The first-order valence-electron chi connectivity index (χ1n) is 9.26. The minimum Gasteiger partial charge on any atom is -0.431 e. The molecule has 0 saturated carbocycles. The number of nitro groups is 1. The van der Waals surface area contributed by atoms with Crippen LogP contribution in [-0.2, 0) is 0 Å². The molecule has 1 spiro atoms. The number of fused-ring (bicyclic) bond motifs is 2. The molecule has 0 amide bonds. The summed E-state index contributed by atoms with van der Waals surface area (Å²) in [6, 6.07) is 20.8. The zero-order valence-corrected chi connectivity index (χ0v) is 16.0. The predicted octanol–water partition coefficient (Wildman–Crippen LogP) is 5.24. The van der Waals surface area contributed by atoms with E-state index in [0.717, 1.165) is 28.1 Å². The summed E-state index contributed by atoms with van der Waals surface area (Å²) in [5.74, 6) is 0.162. The predicted molar refractivity (Wildman–Crippen MR) is 111 cm³/mol. The Kier molecular flexibility index (Phi) is 3.64. The van der Waals surface area contributed by atoms with Crippen LogP contribution < -0.4 is 14.4 Å². The third-order valence-corrected chi connectivity index (χ3v) is 5.44. The molecule has 0 N–H and O–H groups in total. The van der Waals surface area contributed by atoms with Crippen LogP contribution in [0.1, 0.15) is 12.5 Å². The van der Waals surface area contributed by atoms with Crippen LogP contribution in [0.2, 0.25) is 0 Å². The number of benzene rings is 3. The van der Waals surface area contributed by atoms with Crippen molar-refractivity contribution in [2.24, 2.45) is 0 Å². The second kappa shape index (κ2) is 6.10. The van der Waals surface area contributed by atoms with E-state index in [2.05, 4.69) is 18.2 Å². The lowest BCUT2D eigenvalue weighted by molar-refractivity contribution is -0.384. The van der Waals surface area contributed by atoms with Crippen molar-refractivity contribution in [2.75, 3.05) is 11.9 Å². The Hall–Kier alpha value is -3.80. The van der Waals surface area contributed by atoms with Crippen LogP contribution in [0.15, 0.2) is 72.3 Å². The molecule has 144 valence electrons. The molecule has 0 fully saturated rings. The second-order valence-corrected chi connectivity index (χ2v) is 7.20. The number of rotatable bonds is 2. The molecule has 0 radical (unpaired) electrons. The Bertz CT molecular complexity index is 1170. The van der Waals surface area contributed by atoms with Crippen molar-refractivity contribution in [3.8, 4) is 22.6 Å². The maximum Gasteiger partial charge on any atom is 0.363 e. The number of ether oxygens (including phenoxy) is 2. The quantitative estimate of drug-likeness (QED) is 0.445. The summed E-state index contributed by atoms with van der Waals surface area (Å²) >= 11 is 0. The highest BCUT2D eigenvalue weighted by molar-refractivity contribution is 5.77. The van der Waals surface area contributed by atoms with Crippen LogP contribution in [0.25, 0.3) is 17.2 Å². The number of anilines is 1. The number of nitro benzene ring substituents is 1. The lowest BCUT2D eigenvalue weighted by Gasteiger charge is -2.38. The molecule has 0 aromatic heterocycles. The molecule has 6 heteroatoms. The van der Waals surface area contributed by atoms with E-state index in [1.807, 2.05) is 55.3 Å². The van der Waals surface area contributed by atoms with Gasteiger partial charge in [-0.05, 0) is 42.3 Å². The lowest BCUT2D eigenvalue weighted by Crippen LogP contribution is -2.54. The number of hydrogen-bond acceptors (Lipinski definition) is 5.